The predicted octanol–water partition coefficient (Wildman–Crippen LogP) is 1.46. The van der Waals surface area contributed by atoms with Gasteiger partial charge >= 0.3 is 0 Å². The van der Waals surface area contributed by atoms with Crippen molar-refractivity contribution in [1.82, 2.24) is 10.2 Å². The zero-order valence-electron chi connectivity index (χ0n) is 11.9. The van der Waals surface area contributed by atoms with Crippen molar-refractivity contribution in [3.63, 3.8) is 0 Å². The van der Waals surface area contributed by atoms with Gasteiger partial charge in [-0.3, -0.25) is 4.79 Å². The number of carbonyl (C=O) groups excluding carboxylic acids is 1. The van der Waals surface area contributed by atoms with Crippen molar-refractivity contribution in [2.75, 3.05) is 38.1 Å². The molecule has 0 atom stereocenters. The molecule has 0 radical (unpaired) electrons. The lowest BCUT2D eigenvalue weighted by Crippen LogP contribution is -2.44. The molecule has 1 aromatic carbocycles. The molecular formula is C15H23N3O. The molecule has 0 saturated carbocycles. The summed E-state index contributed by atoms with van der Waals surface area (Å²) in [6.07, 6.45) is 0.541. The summed E-state index contributed by atoms with van der Waals surface area (Å²) in [6.45, 7) is 6.90. The Morgan fingerprint density at radius 1 is 1.16 bits per heavy atom. The monoisotopic (exact) mass is 261 g/mol. The van der Waals surface area contributed by atoms with E-state index in [9.17, 15) is 4.79 Å². The van der Waals surface area contributed by atoms with Crippen LogP contribution in [0.4, 0.5) is 5.69 Å². The summed E-state index contributed by atoms with van der Waals surface area (Å²) in [5.74, 6) is 0.100. The van der Waals surface area contributed by atoms with Crippen LogP contribution >= 0.6 is 0 Å². The van der Waals surface area contributed by atoms with E-state index in [1.807, 2.05) is 6.92 Å². The van der Waals surface area contributed by atoms with Crippen LogP contribution in [0.15, 0.2) is 24.3 Å². The van der Waals surface area contributed by atoms with Gasteiger partial charge in [0, 0.05) is 44.8 Å². The SMILES string of the molecule is CCC(=O)NCc1ccc(N2CCN(C)CC2)cc1. The average molecular weight is 261 g/mol. The molecule has 0 bridgehead atoms. The molecule has 1 aliphatic rings. The Kier molecular flexibility index (Phi) is 4.80. The number of amides is 1. The molecule has 4 heteroatoms. The van der Waals surface area contributed by atoms with Crippen molar-refractivity contribution in [2.45, 2.75) is 19.9 Å². The molecule has 1 saturated heterocycles. The standard InChI is InChI=1S/C15H23N3O/c1-3-15(19)16-12-13-4-6-14(7-5-13)18-10-8-17(2)9-11-18/h4-7H,3,8-12H2,1-2H3,(H,16,19). The number of rotatable bonds is 4. The molecule has 1 fully saturated rings. The third-order valence-corrected chi connectivity index (χ3v) is 3.62. The molecule has 0 spiro atoms. The Balaban J connectivity index is 1.89. The van der Waals surface area contributed by atoms with Crippen LogP contribution in [0.25, 0.3) is 0 Å². The maximum Gasteiger partial charge on any atom is 0.219 e. The summed E-state index contributed by atoms with van der Waals surface area (Å²) in [4.78, 5) is 16.0. The average Bonchev–Trinajstić information content (AvgIpc) is 2.46. The zero-order valence-corrected chi connectivity index (χ0v) is 11.9. The second-order valence-corrected chi connectivity index (χ2v) is 5.09. The van der Waals surface area contributed by atoms with E-state index in [0.29, 0.717) is 13.0 Å². The Bertz CT molecular complexity index is 408. The van der Waals surface area contributed by atoms with Gasteiger partial charge in [0.1, 0.15) is 0 Å². The highest BCUT2D eigenvalue weighted by atomic mass is 16.1. The number of hydrogen-bond acceptors (Lipinski definition) is 3. The number of nitrogens with zero attached hydrogens (tertiary/aromatic N) is 2. The number of hydrogen-bond donors (Lipinski definition) is 1. The molecule has 104 valence electrons. The second kappa shape index (κ2) is 6.57. The van der Waals surface area contributed by atoms with Crippen LogP contribution in [0.2, 0.25) is 0 Å². The van der Waals surface area contributed by atoms with E-state index in [4.69, 9.17) is 0 Å². The lowest BCUT2D eigenvalue weighted by Gasteiger charge is -2.34. The minimum atomic E-state index is 0.100. The van der Waals surface area contributed by atoms with E-state index < -0.39 is 0 Å². The quantitative estimate of drug-likeness (QED) is 0.891. The first kappa shape index (κ1) is 13.9. The first-order valence-electron chi connectivity index (χ1n) is 6.98. The van der Waals surface area contributed by atoms with Crippen molar-refractivity contribution in [3.8, 4) is 0 Å². The van der Waals surface area contributed by atoms with E-state index >= 15 is 0 Å². The molecule has 1 aliphatic heterocycles. The highest BCUT2D eigenvalue weighted by molar-refractivity contribution is 5.75. The van der Waals surface area contributed by atoms with Crippen molar-refractivity contribution >= 4 is 11.6 Å². The number of nitrogens with one attached hydrogen (secondary N) is 1. The van der Waals surface area contributed by atoms with Crippen molar-refractivity contribution in [2.24, 2.45) is 0 Å². The first-order valence-corrected chi connectivity index (χ1v) is 6.98. The Morgan fingerprint density at radius 3 is 2.37 bits per heavy atom. The maximum atomic E-state index is 11.2. The molecule has 1 amide bonds. The molecular weight excluding hydrogens is 238 g/mol. The van der Waals surface area contributed by atoms with Crippen LogP contribution in [-0.4, -0.2) is 44.0 Å². The zero-order chi connectivity index (χ0) is 13.7. The molecule has 0 aromatic heterocycles. The molecule has 1 aromatic rings. The van der Waals surface area contributed by atoms with E-state index in [0.717, 1.165) is 31.7 Å². The summed E-state index contributed by atoms with van der Waals surface area (Å²) in [5, 5.41) is 2.89. The first-order chi connectivity index (χ1) is 9.19. The van der Waals surface area contributed by atoms with Crippen LogP contribution in [0.5, 0.6) is 0 Å². The Hall–Kier alpha value is -1.55. The van der Waals surface area contributed by atoms with Gasteiger partial charge in [-0.15, -0.1) is 0 Å². The highest BCUT2D eigenvalue weighted by Crippen LogP contribution is 2.16. The molecule has 19 heavy (non-hydrogen) atoms. The summed E-state index contributed by atoms with van der Waals surface area (Å²) in [7, 11) is 2.16. The van der Waals surface area contributed by atoms with Gasteiger partial charge in [0.2, 0.25) is 5.91 Å². The smallest absolute Gasteiger partial charge is 0.219 e. The molecule has 0 aliphatic carbocycles. The number of piperazine rings is 1. The summed E-state index contributed by atoms with van der Waals surface area (Å²) in [6, 6.07) is 8.50. The van der Waals surface area contributed by atoms with Crippen LogP contribution in [0.1, 0.15) is 18.9 Å². The maximum absolute atomic E-state index is 11.2. The normalized spacial score (nSPS) is 16.4. The molecule has 1 heterocycles. The van der Waals surface area contributed by atoms with Crippen LogP contribution in [-0.2, 0) is 11.3 Å². The van der Waals surface area contributed by atoms with Crippen molar-refractivity contribution in [1.29, 1.82) is 0 Å². The topological polar surface area (TPSA) is 35.6 Å². The number of anilines is 1. The highest BCUT2D eigenvalue weighted by Gasteiger charge is 2.13. The van der Waals surface area contributed by atoms with E-state index in [-0.39, 0.29) is 5.91 Å². The molecule has 0 unspecified atom stereocenters. The van der Waals surface area contributed by atoms with Gasteiger partial charge in [0.25, 0.3) is 0 Å². The van der Waals surface area contributed by atoms with Gasteiger partial charge in [-0.1, -0.05) is 19.1 Å². The third-order valence-electron chi connectivity index (χ3n) is 3.62. The Morgan fingerprint density at radius 2 is 1.79 bits per heavy atom. The van der Waals surface area contributed by atoms with Gasteiger partial charge in [0.05, 0.1) is 0 Å². The van der Waals surface area contributed by atoms with Crippen molar-refractivity contribution in [3.05, 3.63) is 29.8 Å². The lowest BCUT2D eigenvalue weighted by molar-refractivity contribution is -0.120. The lowest BCUT2D eigenvalue weighted by atomic mass is 10.1. The summed E-state index contributed by atoms with van der Waals surface area (Å²) >= 11 is 0. The Labute approximate surface area is 115 Å². The molecule has 4 nitrogen and oxygen atoms in total. The van der Waals surface area contributed by atoms with Gasteiger partial charge < -0.3 is 15.1 Å². The minimum absolute atomic E-state index is 0.100. The largest absolute Gasteiger partial charge is 0.369 e. The van der Waals surface area contributed by atoms with E-state index in [1.54, 1.807) is 0 Å². The van der Waals surface area contributed by atoms with Gasteiger partial charge in [0.15, 0.2) is 0 Å². The van der Waals surface area contributed by atoms with Crippen LogP contribution < -0.4 is 10.2 Å². The van der Waals surface area contributed by atoms with Gasteiger partial charge in [-0.05, 0) is 24.7 Å². The fourth-order valence-corrected chi connectivity index (χ4v) is 2.21. The number of carbonyl (C=O) groups is 1. The van der Waals surface area contributed by atoms with Gasteiger partial charge in [-0.2, -0.15) is 0 Å². The number of likely N-dealkylation sites (N-methyl/N-ethyl adjacent to an activating group) is 1. The van der Waals surface area contributed by atoms with Crippen LogP contribution in [0, 0.1) is 0 Å². The van der Waals surface area contributed by atoms with Crippen LogP contribution in [0.3, 0.4) is 0 Å². The predicted molar refractivity (Wildman–Crippen MR) is 78.3 cm³/mol. The minimum Gasteiger partial charge on any atom is -0.369 e. The molecule has 2 rings (SSSR count). The summed E-state index contributed by atoms with van der Waals surface area (Å²) < 4.78 is 0. The number of benzene rings is 1. The van der Waals surface area contributed by atoms with E-state index in [1.165, 1.54) is 5.69 Å². The van der Waals surface area contributed by atoms with Gasteiger partial charge in [-0.25, -0.2) is 0 Å². The van der Waals surface area contributed by atoms with Crippen molar-refractivity contribution < 1.29 is 4.79 Å². The fourth-order valence-electron chi connectivity index (χ4n) is 2.21. The second-order valence-electron chi connectivity index (χ2n) is 5.09. The van der Waals surface area contributed by atoms with E-state index in [2.05, 4.69) is 46.4 Å². The third kappa shape index (κ3) is 3.96. The fraction of sp³-hybridized carbons (Fsp3) is 0.533. The summed E-state index contributed by atoms with van der Waals surface area (Å²) in [5.41, 5.74) is 2.43. The molecule has 1 N–H and O–H groups in total.